The first kappa shape index (κ1) is 21.3. The lowest BCUT2D eigenvalue weighted by molar-refractivity contribution is -0.172. The maximum Gasteiger partial charge on any atom is 0.343 e. The van der Waals surface area contributed by atoms with Crippen LogP contribution < -0.4 is 10.6 Å². The van der Waals surface area contributed by atoms with Gasteiger partial charge in [0.05, 0.1) is 47.9 Å². The second-order valence-corrected chi connectivity index (χ2v) is 9.00. The Morgan fingerprint density at radius 3 is 2.71 bits per heavy atom. The van der Waals surface area contributed by atoms with E-state index in [2.05, 4.69) is 10.0 Å². The van der Waals surface area contributed by atoms with Gasteiger partial charge in [-0.15, -0.1) is 0 Å². The standard InChI is InChI=1S/C25H26N4O5/c1-3-25(32)18-12-20-21-16(13-29(20)23(30)17(18)14-34-24(25)31)22(15-6-4-5-7-19(15)26-21)27(2)28-8-10-33-11-9-28/h4-7,12,32H,3,8-11,13-14H2,1-2H3/t25-/m0/s1. The van der Waals surface area contributed by atoms with E-state index in [1.807, 2.05) is 31.3 Å². The molecule has 6 rings (SSSR count). The van der Waals surface area contributed by atoms with Crippen LogP contribution in [-0.2, 0) is 33.0 Å². The molecule has 176 valence electrons. The van der Waals surface area contributed by atoms with E-state index in [1.165, 1.54) is 0 Å². The molecule has 1 fully saturated rings. The van der Waals surface area contributed by atoms with Gasteiger partial charge in [0.1, 0.15) is 6.61 Å². The Morgan fingerprint density at radius 1 is 1.18 bits per heavy atom. The van der Waals surface area contributed by atoms with Gasteiger partial charge in [-0.05, 0) is 18.6 Å². The molecule has 3 aliphatic rings. The third-order valence-electron chi connectivity index (χ3n) is 7.30. The molecule has 0 radical (unpaired) electrons. The van der Waals surface area contributed by atoms with Crippen LogP contribution >= 0.6 is 0 Å². The van der Waals surface area contributed by atoms with Gasteiger partial charge in [0.25, 0.3) is 5.56 Å². The van der Waals surface area contributed by atoms with Crippen molar-refractivity contribution in [1.82, 2.24) is 14.6 Å². The topological polar surface area (TPSA) is 97.1 Å². The van der Waals surface area contributed by atoms with E-state index >= 15 is 0 Å². The second-order valence-electron chi connectivity index (χ2n) is 9.00. The quantitative estimate of drug-likeness (QED) is 0.460. The summed E-state index contributed by atoms with van der Waals surface area (Å²) in [6, 6.07) is 9.71. The van der Waals surface area contributed by atoms with Crippen molar-refractivity contribution < 1.29 is 19.4 Å². The molecule has 0 aliphatic carbocycles. The molecule has 0 spiro atoms. The van der Waals surface area contributed by atoms with E-state index in [0.29, 0.717) is 42.3 Å². The van der Waals surface area contributed by atoms with Gasteiger partial charge in [0.2, 0.25) is 0 Å². The number of benzene rings is 1. The third-order valence-corrected chi connectivity index (χ3v) is 7.30. The number of hydrogen-bond donors (Lipinski definition) is 1. The van der Waals surface area contributed by atoms with Gasteiger partial charge in [-0.2, -0.15) is 0 Å². The molecule has 2 aromatic heterocycles. The monoisotopic (exact) mass is 462 g/mol. The molecular weight excluding hydrogens is 436 g/mol. The summed E-state index contributed by atoms with van der Waals surface area (Å²) in [5.41, 5.74) is 2.64. The number of hydrogen-bond acceptors (Lipinski definition) is 8. The average molecular weight is 463 g/mol. The van der Waals surface area contributed by atoms with Gasteiger partial charge in [-0.25, -0.2) is 14.8 Å². The molecule has 3 aromatic rings. The molecule has 1 atom stereocenters. The lowest BCUT2D eigenvalue weighted by Crippen LogP contribution is -2.47. The number of para-hydroxylation sites is 1. The summed E-state index contributed by atoms with van der Waals surface area (Å²) in [6.45, 7) is 4.78. The fourth-order valence-corrected chi connectivity index (χ4v) is 5.37. The highest BCUT2D eigenvalue weighted by Crippen LogP contribution is 2.43. The normalized spacial score (nSPS) is 21.7. The van der Waals surface area contributed by atoms with E-state index in [1.54, 1.807) is 17.6 Å². The number of aliphatic hydroxyl groups is 1. The molecule has 34 heavy (non-hydrogen) atoms. The summed E-state index contributed by atoms with van der Waals surface area (Å²) in [5.74, 6) is -0.718. The summed E-state index contributed by atoms with van der Waals surface area (Å²) in [4.78, 5) is 30.9. The molecule has 3 aliphatic heterocycles. The van der Waals surface area contributed by atoms with Gasteiger partial charge in [-0.3, -0.25) is 4.79 Å². The largest absolute Gasteiger partial charge is 0.458 e. The van der Waals surface area contributed by atoms with Crippen molar-refractivity contribution in [3.05, 3.63) is 57.4 Å². The maximum atomic E-state index is 13.6. The van der Waals surface area contributed by atoms with Crippen molar-refractivity contribution in [3.8, 4) is 11.4 Å². The number of cyclic esters (lactones) is 1. The van der Waals surface area contributed by atoms with Crippen molar-refractivity contribution >= 4 is 22.6 Å². The lowest BCUT2D eigenvalue weighted by Gasteiger charge is -2.37. The number of aromatic nitrogens is 2. The minimum absolute atomic E-state index is 0.116. The van der Waals surface area contributed by atoms with E-state index < -0.39 is 11.6 Å². The van der Waals surface area contributed by atoms with Crippen LogP contribution in [0.3, 0.4) is 0 Å². The van der Waals surface area contributed by atoms with Crippen molar-refractivity contribution in [3.63, 3.8) is 0 Å². The zero-order valence-corrected chi connectivity index (χ0v) is 19.2. The molecule has 0 amide bonds. The highest BCUT2D eigenvalue weighted by Gasteiger charge is 2.45. The summed E-state index contributed by atoms with van der Waals surface area (Å²) in [7, 11) is 2.03. The zero-order chi connectivity index (χ0) is 23.6. The highest BCUT2D eigenvalue weighted by atomic mass is 16.6. The van der Waals surface area contributed by atoms with Crippen LogP contribution in [0.2, 0.25) is 0 Å². The first-order valence-corrected chi connectivity index (χ1v) is 11.6. The van der Waals surface area contributed by atoms with Crippen LogP contribution in [0.15, 0.2) is 35.1 Å². The summed E-state index contributed by atoms with van der Waals surface area (Å²) >= 11 is 0. The minimum atomic E-state index is -1.84. The van der Waals surface area contributed by atoms with E-state index in [4.69, 9.17) is 14.5 Å². The number of carbonyl (C=O) groups excluding carboxylic acids is 1. The van der Waals surface area contributed by atoms with Crippen molar-refractivity contribution in [2.45, 2.75) is 32.1 Å². The minimum Gasteiger partial charge on any atom is -0.458 e. The van der Waals surface area contributed by atoms with Crippen LogP contribution in [0.25, 0.3) is 22.3 Å². The molecule has 1 aromatic carbocycles. The Balaban J connectivity index is 1.60. The maximum absolute atomic E-state index is 13.6. The Bertz CT molecular complexity index is 1390. The highest BCUT2D eigenvalue weighted by molar-refractivity contribution is 5.97. The van der Waals surface area contributed by atoms with Gasteiger partial charge >= 0.3 is 5.97 Å². The van der Waals surface area contributed by atoms with Gasteiger partial charge in [0.15, 0.2) is 5.60 Å². The first-order valence-electron chi connectivity index (χ1n) is 11.6. The van der Waals surface area contributed by atoms with Crippen LogP contribution in [0.4, 0.5) is 5.69 Å². The molecule has 1 N–H and O–H groups in total. The van der Waals surface area contributed by atoms with E-state index in [9.17, 15) is 14.7 Å². The van der Waals surface area contributed by atoms with Crippen LogP contribution in [0.1, 0.15) is 30.0 Å². The number of rotatable bonds is 3. The number of nitrogens with zero attached hydrogens (tertiary/aromatic N) is 4. The van der Waals surface area contributed by atoms with Gasteiger partial charge in [0, 0.05) is 36.7 Å². The number of esters is 1. The van der Waals surface area contributed by atoms with Crippen molar-refractivity contribution in [2.75, 3.05) is 38.4 Å². The summed E-state index contributed by atoms with van der Waals surface area (Å²) in [5, 5.41) is 16.5. The number of carbonyl (C=O) groups is 1. The number of morpholine rings is 1. The molecule has 0 unspecified atom stereocenters. The Labute approximate surface area is 196 Å². The molecular formula is C25H26N4O5. The Kier molecular flexibility index (Phi) is 4.77. The molecule has 0 saturated carbocycles. The zero-order valence-electron chi connectivity index (χ0n) is 19.2. The van der Waals surface area contributed by atoms with E-state index in [-0.39, 0.29) is 18.6 Å². The predicted molar refractivity (Wildman–Crippen MR) is 125 cm³/mol. The van der Waals surface area contributed by atoms with Crippen molar-refractivity contribution in [1.29, 1.82) is 0 Å². The molecule has 0 bridgehead atoms. The summed E-state index contributed by atoms with van der Waals surface area (Å²) < 4.78 is 12.4. The third kappa shape index (κ3) is 2.87. The molecule has 5 heterocycles. The first-order chi connectivity index (χ1) is 16.4. The van der Waals surface area contributed by atoms with Crippen molar-refractivity contribution in [2.24, 2.45) is 0 Å². The van der Waals surface area contributed by atoms with Gasteiger partial charge < -0.3 is 24.2 Å². The Hall–Kier alpha value is -3.27. The Morgan fingerprint density at radius 2 is 1.94 bits per heavy atom. The number of anilines is 1. The average Bonchev–Trinajstić information content (AvgIpc) is 3.23. The SMILES string of the molecule is CC[C@@]1(O)C(=O)OCc2c1cc1n(c2=O)Cc2c-1nc1ccccc1c2N(C)N1CCOCC1. The molecule has 9 heteroatoms. The number of pyridine rings is 2. The number of hydrazine groups is 1. The fraction of sp³-hybridized carbons (Fsp3) is 0.400. The smallest absolute Gasteiger partial charge is 0.343 e. The van der Waals surface area contributed by atoms with Crippen LogP contribution in [0, 0.1) is 0 Å². The summed E-state index contributed by atoms with van der Waals surface area (Å²) in [6.07, 6.45) is 0.116. The molecule has 9 nitrogen and oxygen atoms in total. The van der Waals surface area contributed by atoms with Gasteiger partial charge in [-0.1, -0.05) is 25.1 Å². The van der Waals surface area contributed by atoms with Crippen LogP contribution in [0.5, 0.6) is 0 Å². The lowest BCUT2D eigenvalue weighted by atomic mass is 9.86. The molecule has 1 saturated heterocycles. The second kappa shape index (κ2) is 7.63. The number of fused-ring (bicyclic) bond motifs is 5. The number of ether oxygens (including phenoxy) is 2. The van der Waals surface area contributed by atoms with E-state index in [0.717, 1.165) is 35.2 Å². The predicted octanol–water partition coefficient (Wildman–Crippen LogP) is 1.76. The van der Waals surface area contributed by atoms with Crippen LogP contribution in [-0.4, -0.2) is 59.0 Å². The fourth-order valence-electron chi connectivity index (χ4n) is 5.37.